The van der Waals surface area contributed by atoms with Gasteiger partial charge in [-0.1, -0.05) is 25.1 Å². The molecule has 0 spiro atoms. The highest BCUT2D eigenvalue weighted by molar-refractivity contribution is 5.94. The van der Waals surface area contributed by atoms with Crippen LogP contribution in [0.2, 0.25) is 0 Å². The predicted molar refractivity (Wildman–Crippen MR) is 73.2 cm³/mol. The molecule has 0 saturated heterocycles. The third-order valence-corrected chi connectivity index (χ3v) is 2.72. The largest absolute Gasteiger partial charge is 0.480 e. The van der Waals surface area contributed by atoms with Crippen molar-refractivity contribution in [2.45, 2.75) is 25.8 Å². The van der Waals surface area contributed by atoms with Gasteiger partial charge in [0.05, 0.1) is 0 Å². The average molecular weight is 278 g/mol. The van der Waals surface area contributed by atoms with E-state index >= 15 is 0 Å². The monoisotopic (exact) mass is 278 g/mol. The lowest BCUT2D eigenvalue weighted by Crippen LogP contribution is -2.41. The molecule has 0 saturated carbocycles. The van der Waals surface area contributed by atoms with Gasteiger partial charge in [-0.2, -0.15) is 0 Å². The molecule has 6 heteroatoms. The number of rotatable bonds is 7. The highest BCUT2D eigenvalue weighted by Crippen LogP contribution is 1.98. The van der Waals surface area contributed by atoms with E-state index in [4.69, 9.17) is 5.11 Å². The van der Waals surface area contributed by atoms with E-state index in [9.17, 15) is 14.4 Å². The topological polar surface area (TPSA) is 95.5 Å². The summed E-state index contributed by atoms with van der Waals surface area (Å²) in [7, 11) is 0. The molecular weight excluding hydrogens is 260 g/mol. The molecule has 0 heterocycles. The van der Waals surface area contributed by atoms with Gasteiger partial charge in [0.2, 0.25) is 5.91 Å². The number of carboxylic acid groups (broad SMARTS) is 1. The first kappa shape index (κ1) is 15.7. The van der Waals surface area contributed by atoms with Gasteiger partial charge in [-0.05, 0) is 18.6 Å². The summed E-state index contributed by atoms with van der Waals surface area (Å²) in [4.78, 5) is 33.9. The third kappa shape index (κ3) is 5.09. The highest BCUT2D eigenvalue weighted by atomic mass is 16.4. The summed E-state index contributed by atoms with van der Waals surface area (Å²) in [6, 6.07) is 7.77. The molecule has 0 aromatic heterocycles. The quantitative estimate of drug-likeness (QED) is 0.687. The lowest BCUT2D eigenvalue weighted by molar-refractivity contribution is -0.141. The van der Waals surface area contributed by atoms with Gasteiger partial charge in [-0.15, -0.1) is 0 Å². The number of hydrogen-bond donors (Lipinski definition) is 3. The maximum absolute atomic E-state index is 11.7. The fourth-order valence-electron chi connectivity index (χ4n) is 1.59. The van der Waals surface area contributed by atoms with E-state index < -0.39 is 17.9 Å². The summed E-state index contributed by atoms with van der Waals surface area (Å²) < 4.78 is 0. The number of carbonyl (C=O) groups excluding carboxylic acids is 2. The summed E-state index contributed by atoms with van der Waals surface area (Å²) in [6.07, 6.45) is 0.361. The third-order valence-electron chi connectivity index (χ3n) is 2.72. The van der Waals surface area contributed by atoms with Gasteiger partial charge >= 0.3 is 5.97 Å². The standard InChI is InChI=1S/C14H18N2O4/c1-2-11(14(19)20)16-12(17)8-9-15-13(18)10-6-4-3-5-7-10/h3-7,11H,2,8-9H2,1H3,(H,15,18)(H,16,17)(H,19,20). The molecule has 1 aromatic rings. The molecule has 6 nitrogen and oxygen atoms in total. The minimum absolute atomic E-state index is 0.0440. The zero-order valence-corrected chi connectivity index (χ0v) is 11.3. The van der Waals surface area contributed by atoms with Gasteiger partial charge < -0.3 is 15.7 Å². The molecule has 108 valence electrons. The van der Waals surface area contributed by atoms with Crippen LogP contribution in [0.15, 0.2) is 30.3 Å². The summed E-state index contributed by atoms with van der Waals surface area (Å²) in [5.74, 6) is -1.72. The number of benzene rings is 1. The van der Waals surface area contributed by atoms with Crippen LogP contribution in [-0.2, 0) is 9.59 Å². The molecule has 1 atom stereocenters. The molecule has 0 radical (unpaired) electrons. The van der Waals surface area contributed by atoms with Gasteiger partial charge in [-0.3, -0.25) is 9.59 Å². The van der Waals surface area contributed by atoms with Crippen molar-refractivity contribution >= 4 is 17.8 Å². The van der Waals surface area contributed by atoms with Gasteiger partial charge in [-0.25, -0.2) is 4.79 Å². The Kier molecular flexibility index (Phi) is 6.22. The molecule has 1 unspecified atom stereocenters. The summed E-state index contributed by atoms with van der Waals surface area (Å²) in [6.45, 7) is 1.84. The first-order valence-corrected chi connectivity index (χ1v) is 6.40. The fraction of sp³-hybridized carbons (Fsp3) is 0.357. The van der Waals surface area contributed by atoms with Gasteiger partial charge in [0, 0.05) is 18.5 Å². The molecule has 0 aliphatic heterocycles. The van der Waals surface area contributed by atoms with Crippen LogP contribution in [0.3, 0.4) is 0 Å². The summed E-state index contributed by atoms with van der Waals surface area (Å²) in [5.41, 5.74) is 0.518. The van der Waals surface area contributed by atoms with Crippen LogP contribution in [0.5, 0.6) is 0 Å². The van der Waals surface area contributed by atoms with Crippen molar-refractivity contribution in [3.8, 4) is 0 Å². The van der Waals surface area contributed by atoms with Gasteiger partial charge in [0.25, 0.3) is 5.91 Å². The van der Waals surface area contributed by atoms with Crippen LogP contribution in [0.4, 0.5) is 0 Å². The van der Waals surface area contributed by atoms with Crippen molar-refractivity contribution in [1.82, 2.24) is 10.6 Å². The van der Waals surface area contributed by atoms with E-state index in [1.807, 2.05) is 0 Å². The number of carbonyl (C=O) groups is 3. The molecule has 1 aromatic carbocycles. The average Bonchev–Trinajstić information content (AvgIpc) is 2.45. The molecule has 1 rings (SSSR count). The Balaban J connectivity index is 2.32. The second kappa shape index (κ2) is 7.93. The Morgan fingerprint density at radius 2 is 1.85 bits per heavy atom. The Labute approximate surface area is 117 Å². The second-order valence-corrected chi connectivity index (χ2v) is 4.24. The number of aliphatic carboxylic acids is 1. The Hall–Kier alpha value is -2.37. The minimum Gasteiger partial charge on any atom is -0.480 e. The normalized spacial score (nSPS) is 11.4. The van der Waals surface area contributed by atoms with E-state index in [-0.39, 0.29) is 18.9 Å². The molecule has 20 heavy (non-hydrogen) atoms. The van der Waals surface area contributed by atoms with Gasteiger partial charge in [0.15, 0.2) is 0 Å². The molecule has 0 aliphatic rings. The van der Waals surface area contributed by atoms with Crippen LogP contribution < -0.4 is 10.6 Å². The highest BCUT2D eigenvalue weighted by Gasteiger charge is 2.17. The zero-order valence-electron chi connectivity index (χ0n) is 11.3. The molecule has 0 bridgehead atoms. The summed E-state index contributed by atoms with van der Waals surface area (Å²) >= 11 is 0. The van der Waals surface area contributed by atoms with E-state index in [0.717, 1.165) is 0 Å². The van der Waals surface area contributed by atoms with E-state index in [1.54, 1.807) is 37.3 Å². The van der Waals surface area contributed by atoms with Crippen LogP contribution in [-0.4, -0.2) is 35.5 Å². The van der Waals surface area contributed by atoms with Gasteiger partial charge in [0.1, 0.15) is 6.04 Å². The van der Waals surface area contributed by atoms with Crippen molar-refractivity contribution in [1.29, 1.82) is 0 Å². The zero-order chi connectivity index (χ0) is 15.0. The summed E-state index contributed by atoms with van der Waals surface area (Å²) in [5, 5.41) is 13.8. The van der Waals surface area contributed by atoms with E-state index in [1.165, 1.54) is 0 Å². The Morgan fingerprint density at radius 1 is 1.20 bits per heavy atom. The Bertz CT molecular complexity index is 473. The van der Waals surface area contributed by atoms with Crippen LogP contribution in [0.1, 0.15) is 30.1 Å². The number of carboxylic acids is 1. The Morgan fingerprint density at radius 3 is 2.40 bits per heavy atom. The molecule has 0 aliphatic carbocycles. The number of nitrogens with one attached hydrogen (secondary N) is 2. The minimum atomic E-state index is -1.06. The number of hydrogen-bond acceptors (Lipinski definition) is 3. The predicted octanol–water partition coefficient (Wildman–Crippen LogP) is 0.786. The molecule has 2 amide bonds. The lowest BCUT2D eigenvalue weighted by Gasteiger charge is -2.12. The van der Waals surface area contributed by atoms with Crippen LogP contribution >= 0.6 is 0 Å². The molecule has 0 fully saturated rings. The SMILES string of the molecule is CCC(NC(=O)CCNC(=O)c1ccccc1)C(=O)O. The first-order chi connectivity index (χ1) is 9.54. The fourth-order valence-corrected chi connectivity index (χ4v) is 1.59. The van der Waals surface area contributed by atoms with Crippen molar-refractivity contribution in [2.24, 2.45) is 0 Å². The van der Waals surface area contributed by atoms with Crippen molar-refractivity contribution in [2.75, 3.05) is 6.54 Å². The smallest absolute Gasteiger partial charge is 0.326 e. The van der Waals surface area contributed by atoms with Crippen LogP contribution in [0.25, 0.3) is 0 Å². The maximum Gasteiger partial charge on any atom is 0.326 e. The van der Waals surface area contributed by atoms with Crippen molar-refractivity contribution < 1.29 is 19.5 Å². The molecule has 3 N–H and O–H groups in total. The second-order valence-electron chi connectivity index (χ2n) is 4.24. The maximum atomic E-state index is 11.7. The molecular formula is C14H18N2O4. The number of amides is 2. The lowest BCUT2D eigenvalue weighted by atomic mass is 10.2. The van der Waals surface area contributed by atoms with Crippen molar-refractivity contribution in [3.63, 3.8) is 0 Å². The van der Waals surface area contributed by atoms with Crippen LogP contribution in [0, 0.1) is 0 Å². The first-order valence-electron chi connectivity index (χ1n) is 6.40. The van der Waals surface area contributed by atoms with E-state index in [2.05, 4.69) is 10.6 Å². The van der Waals surface area contributed by atoms with E-state index in [0.29, 0.717) is 12.0 Å². The van der Waals surface area contributed by atoms with Crippen molar-refractivity contribution in [3.05, 3.63) is 35.9 Å².